The molecule has 3 nitrogen and oxygen atoms in total. The van der Waals surface area contributed by atoms with Gasteiger partial charge in [0.25, 0.3) is 5.56 Å². The van der Waals surface area contributed by atoms with Crippen molar-refractivity contribution in [3.63, 3.8) is 0 Å². The second-order valence-corrected chi connectivity index (χ2v) is 8.18. The van der Waals surface area contributed by atoms with Crippen molar-refractivity contribution >= 4 is 50.9 Å². The first-order valence-corrected chi connectivity index (χ1v) is 10.0. The van der Waals surface area contributed by atoms with Gasteiger partial charge in [0, 0.05) is 22.7 Å². The molecule has 0 N–H and O–H groups in total. The first kappa shape index (κ1) is 18.6. The van der Waals surface area contributed by atoms with Crippen molar-refractivity contribution in [1.29, 1.82) is 0 Å². The minimum atomic E-state index is -0.0808. The zero-order valence-corrected chi connectivity index (χ0v) is 17.5. The lowest BCUT2D eigenvalue weighted by atomic mass is 10.2. The van der Waals surface area contributed by atoms with Crippen molar-refractivity contribution in [1.82, 2.24) is 9.36 Å². The summed E-state index contributed by atoms with van der Waals surface area (Å²) in [5.74, 6) is 0.604. The van der Waals surface area contributed by atoms with Crippen LogP contribution in [0.5, 0.6) is 0 Å². The molecule has 3 aromatic rings. The van der Waals surface area contributed by atoms with Crippen molar-refractivity contribution in [2.24, 2.45) is 7.05 Å². The van der Waals surface area contributed by atoms with Gasteiger partial charge in [0.2, 0.25) is 0 Å². The zero-order chi connectivity index (χ0) is 18.1. The smallest absolute Gasteiger partial charge is 0.283 e. The Bertz CT molecular complexity index is 983. The molecule has 0 saturated heterocycles. The van der Waals surface area contributed by atoms with Gasteiger partial charge < -0.3 is 0 Å². The molecular weight excluding hydrogens is 443 g/mol. The van der Waals surface area contributed by atoms with Crippen molar-refractivity contribution in [3.8, 4) is 5.69 Å². The molecule has 0 bridgehead atoms. The van der Waals surface area contributed by atoms with E-state index in [0.29, 0.717) is 20.3 Å². The number of aromatic nitrogens is 2. The third kappa shape index (κ3) is 3.70. The maximum absolute atomic E-state index is 12.6. The summed E-state index contributed by atoms with van der Waals surface area (Å²) in [6.07, 6.45) is 0. The standard InChI is InChI=1S/C18H15BrCl2N2OS/c1-11-8-16(14(21)9-13(11)20)25-10-15-17(19)18(24)23(22(15)2)12-6-4-3-5-7-12/h3-9H,10H2,1-2H3. The van der Waals surface area contributed by atoms with Crippen molar-refractivity contribution in [2.45, 2.75) is 17.6 Å². The highest BCUT2D eigenvalue weighted by molar-refractivity contribution is 9.10. The highest BCUT2D eigenvalue weighted by Gasteiger charge is 2.17. The highest BCUT2D eigenvalue weighted by Crippen LogP contribution is 2.34. The summed E-state index contributed by atoms with van der Waals surface area (Å²) in [7, 11) is 1.88. The van der Waals surface area contributed by atoms with Crippen LogP contribution in [-0.4, -0.2) is 9.36 Å². The lowest BCUT2D eigenvalue weighted by Gasteiger charge is -2.11. The minimum absolute atomic E-state index is 0.0808. The maximum atomic E-state index is 12.6. The SMILES string of the molecule is Cc1cc(SCc2c(Br)c(=O)n(-c3ccccc3)n2C)c(Cl)cc1Cl. The number of thioether (sulfide) groups is 1. The van der Waals surface area contributed by atoms with E-state index in [0.717, 1.165) is 21.8 Å². The second-order valence-electron chi connectivity index (χ2n) is 5.56. The summed E-state index contributed by atoms with van der Waals surface area (Å²) >= 11 is 17.4. The van der Waals surface area contributed by atoms with Gasteiger partial charge in [-0.2, -0.15) is 0 Å². The summed E-state index contributed by atoms with van der Waals surface area (Å²) in [6, 6.07) is 13.3. The average molecular weight is 458 g/mol. The third-order valence-corrected chi connectivity index (χ3v) is 6.60. The van der Waals surface area contributed by atoms with Crippen LogP contribution in [0.2, 0.25) is 10.0 Å². The van der Waals surface area contributed by atoms with E-state index in [1.165, 1.54) is 0 Å². The fraction of sp³-hybridized carbons (Fsp3) is 0.167. The first-order chi connectivity index (χ1) is 11.9. The van der Waals surface area contributed by atoms with Crippen molar-refractivity contribution in [2.75, 3.05) is 0 Å². The molecule has 0 radical (unpaired) electrons. The molecule has 130 valence electrons. The van der Waals surface area contributed by atoms with E-state index in [9.17, 15) is 4.79 Å². The van der Waals surface area contributed by atoms with Crippen LogP contribution in [0, 0.1) is 6.92 Å². The van der Waals surface area contributed by atoms with E-state index in [-0.39, 0.29) is 5.56 Å². The lowest BCUT2D eigenvalue weighted by molar-refractivity contribution is 0.627. The number of rotatable bonds is 4. The predicted molar refractivity (Wildman–Crippen MR) is 109 cm³/mol. The van der Waals surface area contributed by atoms with Crippen molar-refractivity contribution < 1.29 is 0 Å². The molecule has 2 aromatic carbocycles. The topological polar surface area (TPSA) is 26.9 Å². The first-order valence-electron chi connectivity index (χ1n) is 7.50. The number of hydrogen-bond acceptors (Lipinski definition) is 2. The van der Waals surface area contributed by atoms with Crippen LogP contribution < -0.4 is 5.56 Å². The van der Waals surface area contributed by atoms with Gasteiger partial charge in [-0.25, -0.2) is 4.68 Å². The van der Waals surface area contributed by atoms with E-state index in [1.807, 2.05) is 55.1 Å². The van der Waals surface area contributed by atoms with E-state index in [4.69, 9.17) is 23.2 Å². The Morgan fingerprint density at radius 1 is 1.12 bits per heavy atom. The monoisotopic (exact) mass is 456 g/mol. The van der Waals surface area contributed by atoms with Crippen LogP contribution in [0.3, 0.4) is 0 Å². The van der Waals surface area contributed by atoms with Gasteiger partial charge in [-0.3, -0.25) is 9.48 Å². The molecule has 0 amide bonds. The predicted octanol–water partition coefficient (Wildman–Crippen LogP) is 5.85. The zero-order valence-electron chi connectivity index (χ0n) is 13.6. The maximum Gasteiger partial charge on any atom is 0.286 e. The Kier molecular flexibility index (Phi) is 5.68. The summed E-state index contributed by atoms with van der Waals surface area (Å²) < 4.78 is 4.08. The highest BCUT2D eigenvalue weighted by atomic mass is 79.9. The number of halogens is 3. The Balaban J connectivity index is 1.95. The number of aryl methyl sites for hydroxylation is 1. The van der Waals surface area contributed by atoms with Gasteiger partial charge in [-0.15, -0.1) is 11.8 Å². The number of para-hydroxylation sites is 1. The molecule has 0 aliphatic heterocycles. The van der Waals surface area contributed by atoms with Crippen LogP contribution in [-0.2, 0) is 12.8 Å². The van der Waals surface area contributed by atoms with E-state index in [1.54, 1.807) is 22.5 Å². The molecule has 0 saturated carbocycles. The number of benzene rings is 2. The fourth-order valence-electron chi connectivity index (χ4n) is 2.52. The van der Waals surface area contributed by atoms with Crippen LogP contribution >= 0.6 is 50.9 Å². The second kappa shape index (κ2) is 7.62. The molecule has 0 aliphatic carbocycles. The molecule has 25 heavy (non-hydrogen) atoms. The van der Waals surface area contributed by atoms with E-state index in [2.05, 4.69) is 15.9 Å². The fourth-order valence-corrected chi connectivity index (χ4v) is 4.90. The van der Waals surface area contributed by atoms with Gasteiger partial charge in [0.15, 0.2) is 0 Å². The molecular formula is C18H15BrCl2N2OS. The molecule has 0 atom stereocenters. The van der Waals surface area contributed by atoms with Crippen LogP contribution in [0.4, 0.5) is 0 Å². The van der Waals surface area contributed by atoms with Crippen LogP contribution in [0.15, 0.2) is 56.6 Å². The Hall–Kier alpha value is -1.14. The van der Waals surface area contributed by atoms with E-state index < -0.39 is 0 Å². The molecule has 0 spiro atoms. The molecule has 7 heteroatoms. The van der Waals surface area contributed by atoms with Gasteiger partial charge >= 0.3 is 0 Å². The normalized spacial score (nSPS) is 11.1. The average Bonchev–Trinajstić information content (AvgIpc) is 2.80. The minimum Gasteiger partial charge on any atom is -0.283 e. The molecule has 0 fully saturated rings. The molecule has 1 aromatic heterocycles. The molecule has 3 rings (SSSR count). The number of hydrogen-bond donors (Lipinski definition) is 0. The van der Waals surface area contributed by atoms with Crippen LogP contribution in [0.25, 0.3) is 5.69 Å². The lowest BCUT2D eigenvalue weighted by Crippen LogP contribution is -2.19. The van der Waals surface area contributed by atoms with Crippen molar-refractivity contribution in [3.05, 3.63) is 78.6 Å². The third-order valence-electron chi connectivity index (χ3n) is 3.90. The summed E-state index contributed by atoms with van der Waals surface area (Å²) in [4.78, 5) is 13.6. The summed E-state index contributed by atoms with van der Waals surface area (Å²) in [5.41, 5.74) is 2.61. The largest absolute Gasteiger partial charge is 0.286 e. The Labute approximate surface area is 168 Å². The van der Waals surface area contributed by atoms with Gasteiger partial charge in [0.05, 0.1) is 16.4 Å². The van der Waals surface area contributed by atoms with Gasteiger partial charge in [-0.05, 0) is 52.7 Å². The summed E-state index contributed by atoms with van der Waals surface area (Å²) in [6.45, 7) is 1.94. The van der Waals surface area contributed by atoms with Gasteiger partial charge in [0.1, 0.15) is 4.47 Å². The number of nitrogens with zero attached hydrogens (tertiary/aromatic N) is 2. The van der Waals surface area contributed by atoms with E-state index >= 15 is 0 Å². The molecule has 0 unspecified atom stereocenters. The quantitative estimate of drug-likeness (QED) is 0.459. The summed E-state index contributed by atoms with van der Waals surface area (Å²) in [5, 5.41) is 1.27. The van der Waals surface area contributed by atoms with Crippen LogP contribution in [0.1, 0.15) is 11.3 Å². The molecule has 1 heterocycles. The Morgan fingerprint density at radius 2 is 1.80 bits per heavy atom. The Morgan fingerprint density at radius 3 is 2.48 bits per heavy atom. The molecule has 0 aliphatic rings. The van der Waals surface area contributed by atoms with Gasteiger partial charge in [-0.1, -0.05) is 41.4 Å².